The second-order valence-electron chi connectivity index (χ2n) is 7.15. The van der Waals surface area contributed by atoms with Gasteiger partial charge < -0.3 is 9.64 Å². The highest BCUT2D eigenvalue weighted by Gasteiger charge is 2.12. The first kappa shape index (κ1) is 18.9. The molecule has 1 amide bonds. The number of anilines is 1. The van der Waals surface area contributed by atoms with Crippen molar-refractivity contribution in [3.63, 3.8) is 0 Å². The van der Waals surface area contributed by atoms with Crippen LogP contribution >= 0.6 is 0 Å². The summed E-state index contributed by atoms with van der Waals surface area (Å²) in [4.78, 5) is 18.8. The third kappa shape index (κ3) is 4.54. The van der Waals surface area contributed by atoms with E-state index in [2.05, 4.69) is 39.5 Å². The summed E-state index contributed by atoms with van der Waals surface area (Å²) in [5, 5.41) is 5.04. The minimum atomic E-state index is -0.319. The summed E-state index contributed by atoms with van der Waals surface area (Å²) < 4.78 is 5.63. The molecule has 0 aliphatic carbocycles. The second-order valence-corrected chi connectivity index (χ2v) is 7.15. The molecule has 0 unspecified atom stereocenters. The third-order valence-electron chi connectivity index (χ3n) is 5.07. The zero-order valence-corrected chi connectivity index (χ0v) is 16.5. The Morgan fingerprint density at radius 1 is 1.21 bits per heavy atom. The number of pyridine rings is 1. The number of hydrazone groups is 1. The predicted molar refractivity (Wildman–Crippen MR) is 116 cm³/mol. The molecule has 3 aromatic rings. The fourth-order valence-electron chi connectivity index (χ4n) is 3.52. The second kappa shape index (κ2) is 8.73. The molecular formula is C23H24N4O2. The molecule has 1 N–H and O–H groups in total. The van der Waals surface area contributed by atoms with Crippen LogP contribution < -0.4 is 15.1 Å². The Morgan fingerprint density at radius 3 is 2.86 bits per heavy atom. The summed E-state index contributed by atoms with van der Waals surface area (Å²) >= 11 is 0. The van der Waals surface area contributed by atoms with Gasteiger partial charge in [0.15, 0.2) is 6.61 Å². The van der Waals surface area contributed by atoms with Crippen molar-refractivity contribution in [2.75, 3.05) is 24.6 Å². The summed E-state index contributed by atoms with van der Waals surface area (Å²) in [6.45, 7) is 4.17. The number of hydrogen-bond donors (Lipinski definition) is 1. The first-order chi connectivity index (χ1) is 14.2. The van der Waals surface area contributed by atoms with Crippen molar-refractivity contribution in [1.82, 2.24) is 10.4 Å². The number of benzene rings is 2. The van der Waals surface area contributed by atoms with Crippen molar-refractivity contribution in [3.8, 4) is 5.75 Å². The van der Waals surface area contributed by atoms with Crippen LogP contribution in [0, 0.1) is 6.92 Å². The van der Waals surface area contributed by atoms with Crippen LogP contribution in [0.2, 0.25) is 0 Å². The SMILES string of the molecule is Cc1cc(N2CCCC2)ccc1/C=N\NC(=O)COc1cccc2cccnc12. The Kier molecular flexibility index (Phi) is 5.70. The van der Waals surface area contributed by atoms with E-state index >= 15 is 0 Å². The van der Waals surface area contributed by atoms with Gasteiger partial charge in [-0.2, -0.15) is 5.10 Å². The highest BCUT2D eigenvalue weighted by Crippen LogP contribution is 2.23. The molecule has 1 fully saturated rings. The Hall–Kier alpha value is -3.41. The number of nitrogens with one attached hydrogen (secondary N) is 1. The topological polar surface area (TPSA) is 66.8 Å². The summed E-state index contributed by atoms with van der Waals surface area (Å²) in [5.41, 5.74) is 6.61. The van der Waals surface area contributed by atoms with Crippen LogP contribution in [0.5, 0.6) is 5.75 Å². The average Bonchev–Trinajstić information content (AvgIpc) is 3.28. The van der Waals surface area contributed by atoms with Gasteiger partial charge in [0.05, 0.1) is 6.21 Å². The van der Waals surface area contributed by atoms with Gasteiger partial charge in [-0.1, -0.05) is 24.3 Å². The molecule has 148 valence electrons. The lowest BCUT2D eigenvalue weighted by Crippen LogP contribution is -2.24. The molecule has 4 rings (SSSR count). The normalized spacial score (nSPS) is 13.9. The van der Waals surface area contributed by atoms with Gasteiger partial charge in [-0.3, -0.25) is 9.78 Å². The quantitative estimate of drug-likeness (QED) is 0.517. The van der Waals surface area contributed by atoms with Gasteiger partial charge in [0.2, 0.25) is 0 Å². The maximum Gasteiger partial charge on any atom is 0.277 e. The molecule has 1 saturated heterocycles. The van der Waals surface area contributed by atoms with Crippen LogP contribution in [0.1, 0.15) is 24.0 Å². The van der Waals surface area contributed by atoms with Gasteiger partial charge in [0, 0.05) is 30.4 Å². The van der Waals surface area contributed by atoms with E-state index in [4.69, 9.17) is 4.74 Å². The first-order valence-corrected chi connectivity index (χ1v) is 9.85. The van der Waals surface area contributed by atoms with E-state index in [9.17, 15) is 4.79 Å². The number of nitrogens with zero attached hydrogens (tertiary/aromatic N) is 3. The van der Waals surface area contributed by atoms with Crippen molar-refractivity contribution in [2.45, 2.75) is 19.8 Å². The van der Waals surface area contributed by atoms with Crippen LogP contribution in [0.3, 0.4) is 0 Å². The Balaban J connectivity index is 1.33. The molecule has 1 aromatic heterocycles. The van der Waals surface area contributed by atoms with Crippen LogP contribution in [0.4, 0.5) is 5.69 Å². The minimum absolute atomic E-state index is 0.125. The van der Waals surface area contributed by atoms with E-state index in [1.54, 1.807) is 18.5 Å². The number of fused-ring (bicyclic) bond motifs is 1. The molecule has 0 spiro atoms. The third-order valence-corrected chi connectivity index (χ3v) is 5.07. The average molecular weight is 388 g/mol. The molecule has 0 atom stereocenters. The number of carbonyl (C=O) groups excluding carboxylic acids is 1. The van der Waals surface area contributed by atoms with Gasteiger partial charge in [-0.25, -0.2) is 5.43 Å². The number of hydrogen-bond acceptors (Lipinski definition) is 5. The van der Waals surface area contributed by atoms with Crippen molar-refractivity contribution in [1.29, 1.82) is 0 Å². The fraction of sp³-hybridized carbons (Fsp3) is 0.261. The maximum absolute atomic E-state index is 12.1. The van der Waals surface area contributed by atoms with E-state index in [0.29, 0.717) is 5.75 Å². The number of amides is 1. The highest BCUT2D eigenvalue weighted by atomic mass is 16.5. The van der Waals surface area contributed by atoms with Crippen molar-refractivity contribution < 1.29 is 9.53 Å². The largest absolute Gasteiger partial charge is 0.481 e. The first-order valence-electron chi connectivity index (χ1n) is 9.85. The molecule has 2 heterocycles. The lowest BCUT2D eigenvalue weighted by atomic mass is 10.1. The summed E-state index contributed by atoms with van der Waals surface area (Å²) in [6.07, 6.45) is 5.88. The van der Waals surface area contributed by atoms with Gasteiger partial charge >= 0.3 is 0 Å². The van der Waals surface area contributed by atoms with Crippen molar-refractivity contribution >= 4 is 28.7 Å². The Morgan fingerprint density at radius 2 is 2.03 bits per heavy atom. The monoisotopic (exact) mass is 388 g/mol. The molecule has 0 radical (unpaired) electrons. The number of ether oxygens (including phenoxy) is 1. The number of para-hydroxylation sites is 1. The zero-order valence-electron chi connectivity index (χ0n) is 16.5. The van der Waals surface area contributed by atoms with Crippen LogP contribution in [0.15, 0.2) is 59.8 Å². The lowest BCUT2D eigenvalue weighted by Gasteiger charge is -2.18. The minimum Gasteiger partial charge on any atom is -0.481 e. The number of carbonyl (C=O) groups is 1. The number of aryl methyl sites for hydroxylation is 1. The van der Waals surface area contributed by atoms with Gasteiger partial charge in [-0.05, 0) is 55.2 Å². The predicted octanol–water partition coefficient (Wildman–Crippen LogP) is 3.67. The maximum atomic E-state index is 12.1. The molecule has 2 aromatic carbocycles. The summed E-state index contributed by atoms with van der Waals surface area (Å²) in [5.74, 6) is 0.260. The number of aromatic nitrogens is 1. The lowest BCUT2D eigenvalue weighted by molar-refractivity contribution is -0.123. The van der Waals surface area contributed by atoms with Crippen LogP contribution in [-0.2, 0) is 4.79 Å². The van der Waals surface area contributed by atoms with Gasteiger partial charge in [0.25, 0.3) is 5.91 Å². The Bertz CT molecular complexity index is 1040. The summed E-state index contributed by atoms with van der Waals surface area (Å²) in [7, 11) is 0. The van der Waals surface area contributed by atoms with E-state index in [1.165, 1.54) is 18.5 Å². The Labute approximate surface area is 170 Å². The fourth-order valence-corrected chi connectivity index (χ4v) is 3.52. The van der Waals surface area contributed by atoms with Crippen molar-refractivity contribution in [2.24, 2.45) is 5.10 Å². The molecule has 1 aliphatic rings. The highest BCUT2D eigenvalue weighted by molar-refractivity contribution is 5.86. The van der Waals surface area contributed by atoms with Crippen LogP contribution in [0.25, 0.3) is 10.9 Å². The van der Waals surface area contributed by atoms with Crippen molar-refractivity contribution in [3.05, 3.63) is 65.9 Å². The molecule has 0 saturated carbocycles. The molecular weight excluding hydrogens is 364 g/mol. The summed E-state index contributed by atoms with van der Waals surface area (Å²) in [6, 6.07) is 15.8. The smallest absolute Gasteiger partial charge is 0.277 e. The molecule has 29 heavy (non-hydrogen) atoms. The van der Waals surface area contributed by atoms with E-state index < -0.39 is 0 Å². The van der Waals surface area contributed by atoms with E-state index in [0.717, 1.165) is 35.1 Å². The molecule has 6 heteroatoms. The van der Waals surface area contributed by atoms with E-state index in [1.807, 2.05) is 30.3 Å². The van der Waals surface area contributed by atoms with Gasteiger partial charge in [0.1, 0.15) is 11.3 Å². The van der Waals surface area contributed by atoms with E-state index in [-0.39, 0.29) is 12.5 Å². The number of rotatable bonds is 6. The molecule has 1 aliphatic heterocycles. The van der Waals surface area contributed by atoms with Crippen LogP contribution in [-0.4, -0.2) is 36.8 Å². The standard InChI is InChI=1S/C23H24N4O2/c1-17-14-20(27-12-2-3-13-27)10-9-19(17)15-25-26-22(28)16-29-21-8-4-6-18-7-5-11-24-23(18)21/h4-11,14-15H,2-3,12-13,16H2,1H3,(H,26,28)/b25-15-. The molecule has 6 nitrogen and oxygen atoms in total. The van der Waals surface area contributed by atoms with Gasteiger partial charge in [-0.15, -0.1) is 0 Å². The zero-order chi connectivity index (χ0) is 20.1. The molecule has 0 bridgehead atoms.